The van der Waals surface area contributed by atoms with E-state index < -0.39 is 0 Å². The minimum Gasteiger partial charge on any atom is -0.493 e. The topological polar surface area (TPSA) is 57.5 Å². The predicted molar refractivity (Wildman–Crippen MR) is 96.0 cm³/mol. The van der Waals surface area contributed by atoms with Crippen LogP contribution in [-0.2, 0) is 17.8 Å². The molecule has 2 aromatic rings. The zero-order chi connectivity index (χ0) is 17.6. The molecule has 2 heterocycles. The molecule has 0 amide bonds. The lowest BCUT2D eigenvalue weighted by atomic mass is 9.97. The number of nitrogens with zero attached hydrogens (tertiary/aromatic N) is 2. The number of rotatable bonds is 8. The summed E-state index contributed by atoms with van der Waals surface area (Å²) < 4.78 is 18.5. The Morgan fingerprint density at radius 2 is 2.12 bits per heavy atom. The molecule has 2 unspecified atom stereocenters. The van der Waals surface area contributed by atoms with Crippen molar-refractivity contribution in [2.24, 2.45) is 5.92 Å². The van der Waals surface area contributed by atoms with Crippen LogP contribution in [0.1, 0.15) is 30.6 Å². The Labute approximate surface area is 149 Å². The second kappa shape index (κ2) is 8.36. The highest BCUT2D eigenvalue weighted by Gasteiger charge is 2.30. The van der Waals surface area contributed by atoms with Gasteiger partial charge in [0, 0.05) is 43.9 Å². The van der Waals surface area contributed by atoms with Gasteiger partial charge in [-0.2, -0.15) is 5.10 Å². The number of methoxy groups -OCH3 is 2. The SMILES string of the molecule is CCn1cc(C2OCCC2CNCc2ccc(OC)c(OC)c2)cn1. The molecular weight excluding hydrogens is 318 g/mol. The first-order chi connectivity index (χ1) is 12.2. The Bertz CT molecular complexity index is 686. The van der Waals surface area contributed by atoms with E-state index in [1.54, 1.807) is 14.2 Å². The number of aromatic nitrogens is 2. The summed E-state index contributed by atoms with van der Waals surface area (Å²) in [6, 6.07) is 6.01. The van der Waals surface area contributed by atoms with Crippen LogP contribution in [0.2, 0.25) is 0 Å². The Balaban J connectivity index is 1.56. The summed E-state index contributed by atoms with van der Waals surface area (Å²) in [4.78, 5) is 0. The minimum absolute atomic E-state index is 0.137. The van der Waals surface area contributed by atoms with E-state index in [1.807, 2.05) is 23.0 Å². The van der Waals surface area contributed by atoms with Gasteiger partial charge in [-0.3, -0.25) is 4.68 Å². The lowest BCUT2D eigenvalue weighted by Crippen LogP contribution is -2.24. The molecule has 0 saturated carbocycles. The molecule has 1 aromatic heterocycles. The van der Waals surface area contributed by atoms with Gasteiger partial charge in [-0.25, -0.2) is 0 Å². The third-order valence-corrected chi connectivity index (χ3v) is 4.70. The van der Waals surface area contributed by atoms with Gasteiger partial charge in [-0.1, -0.05) is 6.07 Å². The summed E-state index contributed by atoms with van der Waals surface area (Å²) in [5.74, 6) is 1.98. The number of hydrogen-bond acceptors (Lipinski definition) is 5. The molecule has 0 spiro atoms. The fourth-order valence-electron chi connectivity index (χ4n) is 3.30. The molecule has 3 rings (SSSR count). The molecule has 0 radical (unpaired) electrons. The van der Waals surface area contributed by atoms with E-state index in [-0.39, 0.29) is 6.10 Å². The van der Waals surface area contributed by atoms with E-state index in [4.69, 9.17) is 14.2 Å². The summed E-state index contributed by atoms with van der Waals surface area (Å²) >= 11 is 0. The zero-order valence-corrected chi connectivity index (χ0v) is 15.2. The second-order valence-corrected chi connectivity index (χ2v) is 6.29. The first kappa shape index (κ1) is 17.8. The molecule has 25 heavy (non-hydrogen) atoms. The highest BCUT2D eigenvalue weighted by atomic mass is 16.5. The molecular formula is C19H27N3O3. The van der Waals surface area contributed by atoms with Gasteiger partial charge < -0.3 is 19.5 Å². The van der Waals surface area contributed by atoms with Gasteiger partial charge in [-0.05, 0) is 31.0 Å². The molecule has 136 valence electrons. The van der Waals surface area contributed by atoms with Gasteiger partial charge in [0.05, 0.1) is 26.5 Å². The van der Waals surface area contributed by atoms with Crippen LogP contribution >= 0.6 is 0 Å². The summed E-state index contributed by atoms with van der Waals surface area (Å²) in [6.07, 6.45) is 5.23. The molecule has 1 saturated heterocycles. The standard InChI is InChI=1S/C19H27N3O3/c1-4-22-13-16(12-21-22)19-15(7-8-25-19)11-20-10-14-5-6-17(23-2)18(9-14)24-3/h5-6,9,12-13,15,19-20H,4,7-8,10-11H2,1-3H3. The van der Waals surface area contributed by atoms with Crippen molar-refractivity contribution in [3.8, 4) is 11.5 Å². The summed E-state index contributed by atoms with van der Waals surface area (Å²) in [5, 5.41) is 7.92. The van der Waals surface area contributed by atoms with E-state index in [1.165, 1.54) is 11.1 Å². The fraction of sp³-hybridized carbons (Fsp3) is 0.526. The second-order valence-electron chi connectivity index (χ2n) is 6.29. The van der Waals surface area contributed by atoms with E-state index in [2.05, 4.69) is 29.6 Å². The summed E-state index contributed by atoms with van der Waals surface area (Å²) in [6.45, 7) is 5.49. The zero-order valence-electron chi connectivity index (χ0n) is 15.2. The van der Waals surface area contributed by atoms with Gasteiger partial charge >= 0.3 is 0 Å². The van der Waals surface area contributed by atoms with Gasteiger partial charge in [0.25, 0.3) is 0 Å². The molecule has 1 N–H and O–H groups in total. The van der Waals surface area contributed by atoms with Crippen LogP contribution in [0, 0.1) is 5.92 Å². The maximum atomic E-state index is 5.95. The van der Waals surface area contributed by atoms with Crippen molar-refractivity contribution in [1.82, 2.24) is 15.1 Å². The maximum Gasteiger partial charge on any atom is 0.161 e. The molecule has 2 atom stereocenters. The molecule has 1 aliphatic rings. The van der Waals surface area contributed by atoms with Crippen LogP contribution in [0.3, 0.4) is 0 Å². The van der Waals surface area contributed by atoms with Gasteiger partial charge in [0.1, 0.15) is 0 Å². The molecule has 1 aliphatic heterocycles. The molecule has 1 aromatic carbocycles. The minimum atomic E-state index is 0.137. The van der Waals surface area contributed by atoms with E-state index in [0.717, 1.165) is 44.2 Å². The average Bonchev–Trinajstić information content (AvgIpc) is 3.30. The summed E-state index contributed by atoms with van der Waals surface area (Å²) in [5.41, 5.74) is 2.35. The largest absolute Gasteiger partial charge is 0.493 e. The monoisotopic (exact) mass is 345 g/mol. The van der Waals surface area contributed by atoms with Crippen molar-refractivity contribution in [2.75, 3.05) is 27.4 Å². The van der Waals surface area contributed by atoms with Crippen molar-refractivity contribution < 1.29 is 14.2 Å². The number of hydrogen-bond donors (Lipinski definition) is 1. The number of nitrogens with one attached hydrogen (secondary N) is 1. The molecule has 0 aliphatic carbocycles. The highest BCUT2D eigenvalue weighted by Crippen LogP contribution is 2.34. The Morgan fingerprint density at radius 1 is 1.28 bits per heavy atom. The first-order valence-corrected chi connectivity index (χ1v) is 8.80. The molecule has 6 heteroatoms. The lowest BCUT2D eigenvalue weighted by Gasteiger charge is -2.18. The van der Waals surface area contributed by atoms with Crippen LogP contribution < -0.4 is 14.8 Å². The number of benzene rings is 1. The highest BCUT2D eigenvalue weighted by molar-refractivity contribution is 5.42. The van der Waals surface area contributed by atoms with Crippen molar-refractivity contribution in [1.29, 1.82) is 0 Å². The normalized spacial score (nSPS) is 20.0. The third-order valence-electron chi connectivity index (χ3n) is 4.70. The molecule has 0 bridgehead atoms. The van der Waals surface area contributed by atoms with Crippen LogP contribution in [0.15, 0.2) is 30.6 Å². The predicted octanol–water partition coefficient (Wildman–Crippen LogP) is 2.79. The smallest absolute Gasteiger partial charge is 0.161 e. The first-order valence-electron chi connectivity index (χ1n) is 8.80. The Morgan fingerprint density at radius 3 is 2.84 bits per heavy atom. The van der Waals surface area contributed by atoms with Crippen LogP contribution in [0.4, 0.5) is 0 Å². The van der Waals surface area contributed by atoms with Gasteiger partial charge in [0.2, 0.25) is 0 Å². The van der Waals surface area contributed by atoms with Crippen molar-refractivity contribution in [3.63, 3.8) is 0 Å². The lowest BCUT2D eigenvalue weighted by molar-refractivity contribution is 0.0904. The molecule has 6 nitrogen and oxygen atoms in total. The van der Waals surface area contributed by atoms with Gasteiger partial charge in [0.15, 0.2) is 11.5 Å². The van der Waals surface area contributed by atoms with Crippen LogP contribution in [-0.4, -0.2) is 37.2 Å². The molecule has 1 fully saturated rings. The van der Waals surface area contributed by atoms with Crippen LogP contribution in [0.25, 0.3) is 0 Å². The van der Waals surface area contributed by atoms with Crippen molar-refractivity contribution in [3.05, 3.63) is 41.7 Å². The quantitative estimate of drug-likeness (QED) is 0.797. The van der Waals surface area contributed by atoms with E-state index in [0.29, 0.717) is 5.92 Å². The van der Waals surface area contributed by atoms with E-state index >= 15 is 0 Å². The third kappa shape index (κ3) is 4.14. The summed E-state index contributed by atoms with van der Waals surface area (Å²) in [7, 11) is 3.31. The Kier molecular flexibility index (Phi) is 5.94. The number of ether oxygens (including phenoxy) is 3. The van der Waals surface area contributed by atoms with Crippen LogP contribution in [0.5, 0.6) is 11.5 Å². The van der Waals surface area contributed by atoms with E-state index in [9.17, 15) is 0 Å². The number of aryl methyl sites for hydroxylation is 1. The van der Waals surface area contributed by atoms with Crippen molar-refractivity contribution >= 4 is 0 Å². The van der Waals surface area contributed by atoms with Gasteiger partial charge in [-0.15, -0.1) is 0 Å². The average molecular weight is 345 g/mol. The Hall–Kier alpha value is -2.05. The van der Waals surface area contributed by atoms with Crippen molar-refractivity contribution in [2.45, 2.75) is 32.5 Å². The fourth-order valence-corrected chi connectivity index (χ4v) is 3.30. The maximum absolute atomic E-state index is 5.95.